The molecule has 198 valence electrons. The van der Waals surface area contributed by atoms with Crippen LogP contribution in [0.1, 0.15) is 54.7 Å². The summed E-state index contributed by atoms with van der Waals surface area (Å²) in [5.41, 5.74) is 0.0393. The van der Waals surface area contributed by atoms with E-state index in [2.05, 4.69) is 67.5 Å². The summed E-state index contributed by atoms with van der Waals surface area (Å²) in [7, 11) is 0. The summed E-state index contributed by atoms with van der Waals surface area (Å²) >= 11 is 8.10. The van der Waals surface area contributed by atoms with Crippen molar-refractivity contribution in [1.29, 1.82) is 0 Å². The number of oxazole rings is 1. The monoisotopic (exact) mass is 575 g/mol. The van der Waals surface area contributed by atoms with Gasteiger partial charge in [-0.2, -0.15) is 40.4 Å². The van der Waals surface area contributed by atoms with Crippen molar-refractivity contribution in [3.63, 3.8) is 0 Å². The first-order chi connectivity index (χ1) is 18.4. The fourth-order valence-electron chi connectivity index (χ4n) is 6.97. The molecule has 4 saturated heterocycles. The Bertz CT molecular complexity index is 1130. The molecule has 3 aromatic heterocycles. The first-order valence-electron chi connectivity index (χ1n) is 13.3. The van der Waals surface area contributed by atoms with Crippen LogP contribution in [0.15, 0.2) is 46.7 Å². The number of nitrogens with one attached hydrogen (secondary N) is 1. The van der Waals surface area contributed by atoms with Crippen LogP contribution in [0.4, 0.5) is 0 Å². The van der Waals surface area contributed by atoms with Crippen molar-refractivity contribution < 1.29 is 9.25 Å². The minimum Gasteiger partial charge on any atom is -0.447 e. The summed E-state index contributed by atoms with van der Waals surface area (Å²) in [6, 6.07) is 6.66. The van der Waals surface area contributed by atoms with E-state index in [0.717, 1.165) is 54.8 Å². The van der Waals surface area contributed by atoms with Gasteiger partial charge in [-0.05, 0) is 54.7 Å². The first kappa shape index (κ1) is 25.0. The zero-order chi connectivity index (χ0) is 24.7. The smallest absolute Gasteiger partial charge is 0.220 e. The van der Waals surface area contributed by atoms with Gasteiger partial charge in [0.25, 0.3) is 0 Å². The molecule has 4 fully saturated rings. The molecule has 11 heteroatoms. The van der Waals surface area contributed by atoms with E-state index in [1.807, 2.05) is 35.5 Å². The van der Waals surface area contributed by atoms with E-state index in [4.69, 9.17) is 14.2 Å². The maximum absolute atomic E-state index is 7.35. The summed E-state index contributed by atoms with van der Waals surface area (Å²) in [6.07, 6.45) is 11.2. The lowest BCUT2D eigenvalue weighted by molar-refractivity contribution is -0.316. The first-order valence-corrected chi connectivity index (χ1v) is 17.5. The van der Waals surface area contributed by atoms with Crippen LogP contribution >= 0.6 is 46.6 Å². The molecule has 7 heterocycles. The highest BCUT2D eigenvalue weighted by atomic mass is 32.2. The standard InChI is InChI=1S/C26H33N5O2S4/c1-2-14-37-22(5-1)26(24-27-10-13-32-24)25(20-6-3-15-35-20,21-7-4-16-36-21)23(19-8-9-28-29-19)33-31(26)30-11-17-34-18-12-30/h3,6,8-10,13,15,21-23H,1-2,4-5,7,11-12,14,16-18H2,(H,28,29). The third-order valence-corrected chi connectivity index (χ3v) is 13.4. The van der Waals surface area contributed by atoms with Gasteiger partial charge in [-0.3, -0.25) is 9.94 Å². The summed E-state index contributed by atoms with van der Waals surface area (Å²) in [5, 5.41) is 15.4. The Hall–Kier alpha value is -0.950. The van der Waals surface area contributed by atoms with Crippen molar-refractivity contribution in [3.05, 3.63) is 58.7 Å². The number of aromatic nitrogens is 3. The number of rotatable bonds is 6. The van der Waals surface area contributed by atoms with Gasteiger partial charge in [0.1, 0.15) is 12.4 Å². The molecule has 37 heavy (non-hydrogen) atoms. The number of hydroxylamine groups is 1. The molecule has 1 N–H and O–H groups in total. The van der Waals surface area contributed by atoms with Crippen molar-refractivity contribution in [2.75, 3.05) is 36.1 Å². The maximum Gasteiger partial charge on any atom is 0.220 e. The SMILES string of the molecule is c1csc(C2(C3CCCS3)C(c3ccn[nH]3)ON(N3CCSCC3)C2(c2ncco2)C2CCCCS2)c1. The zero-order valence-electron chi connectivity index (χ0n) is 20.8. The number of hydrogen-bond acceptors (Lipinski definition) is 10. The van der Waals surface area contributed by atoms with E-state index >= 15 is 0 Å². The topological polar surface area (TPSA) is 70.4 Å². The van der Waals surface area contributed by atoms with E-state index in [1.165, 1.54) is 29.9 Å². The average molecular weight is 576 g/mol. The molecular weight excluding hydrogens is 543 g/mol. The van der Waals surface area contributed by atoms with Gasteiger partial charge < -0.3 is 4.42 Å². The molecule has 5 atom stereocenters. The molecule has 0 saturated carbocycles. The Balaban J connectivity index is 1.56. The maximum atomic E-state index is 7.35. The van der Waals surface area contributed by atoms with Crippen molar-refractivity contribution in [3.8, 4) is 0 Å². The van der Waals surface area contributed by atoms with E-state index in [0.29, 0.717) is 5.25 Å². The van der Waals surface area contributed by atoms with E-state index < -0.39 is 11.0 Å². The van der Waals surface area contributed by atoms with Crippen LogP contribution in [0.2, 0.25) is 0 Å². The van der Waals surface area contributed by atoms with Gasteiger partial charge in [0, 0.05) is 46.2 Å². The van der Waals surface area contributed by atoms with Crippen LogP contribution in [0.25, 0.3) is 0 Å². The Morgan fingerprint density at radius 2 is 1.84 bits per heavy atom. The van der Waals surface area contributed by atoms with Crippen LogP contribution in [0.3, 0.4) is 0 Å². The van der Waals surface area contributed by atoms with Crippen LogP contribution in [0.5, 0.6) is 0 Å². The molecule has 0 amide bonds. The molecule has 5 unspecified atom stereocenters. The quantitative estimate of drug-likeness (QED) is 0.397. The van der Waals surface area contributed by atoms with Gasteiger partial charge in [-0.1, -0.05) is 12.5 Å². The molecule has 4 aliphatic heterocycles. The highest BCUT2D eigenvalue weighted by molar-refractivity contribution is 8.00. The van der Waals surface area contributed by atoms with Crippen molar-refractivity contribution in [2.45, 2.75) is 59.7 Å². The number of hydrogen-bond donors (Lipinski definition) is 1. The lowest BCUT2D eigenvalue weighted by atomic mass is 9.59. The molecule has 7 nitrogen and oxygen atoms in total. The van der Waals surface area contributed by atoms with Crippen LogP contribution < -0.4 is 0 Å². The second kappa shape index (κ2) is 10.6. The summed E-state index contributed by atoms with van der Waals surface area (Å²) in [5.74, 6) is 5.32. The number of thiophene rings is 1. The Kier molecular flexibility index (Phi) is 7.14. The number of thioether (sulfide) groups is 3. The molecule has 0 aromatic carbocycles. The minimum absolute atomic E-state index is 0.228. The van der Waals surface area contributed by atoms with Crippen LogP contribution in [-0.4, -0.2) is 72.0 Å². The van der Waals surface area contributed by atoms with Crippen molar-refractivity contribution in [2.24, 2.45) is 0 Å². The lowest BCUT2D eigenvalue weighted by Gasteiger charge is -2.54. The van der Waals surface area contributed by atoms with Gasteiger partial charge >= 0.3 is 0 Å². The van der Waals surface area contributed by atoms with Gasteiger partial charge in [-0.25, -0.2) is 9.99 Å². The minimum atomic E-state index is -0.591. The summed E-state index contributed by atoms with van der Waals surface area (Å²) < 4.78 is 6.47. The predicted molar refractivity (Wildman–Crippen MR) is 153 cm³/mol. The summed E-state index contributed by atoms with van der Waals surface area (Å²) in [6.45, 7) is 1.91. The normalized spacial score (nSPS) is 35.8. The Morgan fingerprint density at radius 1 is 0.973 bits per heavy atom. The van der Waals surface area contributed by atoms with Gasteiger partial charge in [0.05, 0.1) is 17.3 Å². The second-order valence-corrected chi connectivity index (χ2v) is 14.9. The number of hydrazine groups is 1. The molecule has 0 radical (unpaired) electrons. The van der Waals surface area contributed by atoms with Crippen molar-refractivity contribution >= 4 is 46.6 Å². The summed E-state index contributed by atoms with van der Waals surface area (Å²) in [4.78, 5) is 13.7. The van der Waals surface area contributed by atoms with E-state index in [1.54, 1.807) is 6.26 Å². The van der Waals surface area contributed by atoms with Gasteiger partial charge in [0.2, 0.25) is 5.89 Å². The van der Waals surface area contributed by atoms with Crippen LogP contribution in [0, 0.1) is 0 Å². The van der Waals surface area contributed by atoms with E-state index in [9.17, 15) is 0 Å². The third-order valence-electron chi connectivity index (χ3n) is 8.37. The molecule has 4 aliphatic rings. The highest BCUT2D eigenvalue weighted by Gasteiger charge is 2.77. The van der Waals surface area contributed by atoms with Crippen LogP contribution in [-0.2, 0) is 15.8 Å². The second-order valence-electron chi connectivity index (χ2n) is 10.1. The molecule has 0 spiro atoms. The number of aromatic amines is 1. The molecular formula is C26H33N5O2S4. The average Bonchev–Trinajstić information content (AvgIpc) is 3.78. The fourth-order valence-corrected chi connectivity index (χ4v) is 12.3. The predicted octanol–water partition coefficient (Wildman–Crippen LogP) is 5.73. The van der Waals surface area contributed by atoms with Crippen molar-refractivity contribution in [1.82, 2.24) is 25.4 Å². The lowest BCUT2D eigenvalue weighted by Crippen LogP contribution is -2.67. The molecule has 0 aliphatic carbocycles. The third kappa shape index (κ3) is 3.82. The fraction of sp³-hybridized carbons (Fsp3) is 0.615. The number of H-pyrrole nitrogens is 1. The van der Waals surface area contributed by atoms with E-state index in [-0.39, 0.29) is 11.4 Å². The molecule has 0 bridgehead atoms. The Morgan fingerprint density at radius 3 is 2.51 bits per heavy atom. The highest BCUT2D eigenvalue weighted by Crippen LogP contribution is 2.69. The molecule has 7 rings (SSSR count). The van der Waals surface area contributed by atoms with Gasteiger partial charge in [0.15, 0.2) is 5.54 Å². The zero-order valence-corrected chi connectivity index (χ0v) is 24.1. The largest absolute Gasteiger partial charge is 0.447 e. The van der Waals surface area contributed by atoms with Gasteiger partial charge in [-0.15, -0.1) is 16.5 Å². The number of nitrogens with zero attached hydrogens (tertiary/aromatic N) is 4. The molecule has 3 aromatic rings. The Labute approximate surface area is 234 Å².